The topological polar surface area (TPSA) is 38.3 Å². The van der Waals surface area contributed by atoms with Crippen LogP contribution >= 0.6 is 11.8 Å². The average Bonchev–Trinajstić information content (AvgIpc) is 2.57. The molecule has 4 heteroatoms. The van der Waals surface area contributed by atoms with E-state index in [2.05, 4.69) is 36.5 Å². The molecule has 0 bridgehead atoms. The highest BCUT2D eigenvalue weighted by molar-refractivity contribution is 7.99. The van der Waals surface area contributed by atoms with Gasteiger partial charge >= 0.3 is 0 Å². The molecule has 128 valence electrons. The molecule has 0 fully saturated rings. The molecule has 0 radical (unpaired) electrons. The first-order valence-corrected chi connectivity index (χ1v) is 9.28. The van der Waals surface area contributed by atoms with E-state index in [1.807, 2.05) is 38.1 Å². The molecule has 1 atom stereocenters. The summed E-state index contributed by atoms with van der Waals surface area (Å²) in [5.41, 5.74) is 2.33. The molecule has 1 amide bonds. The number of aryl methyl sites for hydroxylation is 1. The number of hydrogen-bond donors (Lipinski definition) is 1. The Balaban J connectivity index is 1.75. The summed E-state index contributed by atoms with van der Waals surface area (Å²) in [5, 5.41) is 3.05. The van der Waals surface area contributed by atoms with Gasteiger partial charge in [0.15, 0.2) is 0 Å². The Hall–Kier alpha value is -1.94. The molecule has 1 N–H and O–H groups in total. The van der Waals surface area contributed by atoms with E-state index in [0.29, 0.717) is 13.0 Å². The molecule has 0 spiro atoms. The van der Waals surface area contributed by atoms with Gasteiger partial charge in [-0.2, -0.15) is 0 Å². The van der Waals surface area contributed by atoms with Gasteiger partial charge in [-0.1, -0.05) is 29.8 Å². The average molecular weight is 343 g/mol. The second-order valence-electron chi connectivity index (χ2n) is 5.70. The number of nitrogens with one attached hydrogen (secondary N) is 1. The molecule has 0 aliphatic rings. The molecule has 0 heterocycles. The van der Waals surface area contributed by atoms with Crippen molar-refractivity contribution >= 4 is 17.7 Å². The van der Waals surface area contributed by atoms with E-state index < -0.39 is 0 Å². The summed E-state index contributed by atoms with van der Waals surface area (Å²) >= 11 is 1.71. The van der Waals surface area contributed by atoms with Crippen LogP contribution < -0.4 is 10.1 Å². The maximum atomic E-state index is 12.1. The van der Waals surface area contributed by atoms with Crippen LogP contribution in [0.5, 0.6) is 5.75 Å². The van der Waals surface area contributed by atoms with Gasteiger partial charge in [0.1, 0.15) is 5.75 Å². The molecule has 0 aliphatic heterocycles. The zero-order valence-corrected chi connectivity index (χ0v) is 15.4. The number of amides is 1. The third-order valence-electron chi connectivity index (χ3n) is 3.69. The Labute approximate surface area is 148 Å². The highest BCUT2D eigenvalue weighted by Crippen LogP contribution is 2.20. The van der Waals surface area contributed by atoms with Gasteiger partial charge in [0, 0.05) is 17.1 Å². The lowest BCUT2D eigenvalue weighted by Gasteiger charge is -2.15. The lowest BCUT2D eigenvalue weighted by molar-refractivity contribution is -0.121. The fraction of sp³-hybridized carbons (Fsp3) is 0.350. The van der Waals surface area contributed by atoms with Crippen molar-refractivity contribution in [3.63, 3.8) is 0 Å². The number of ether oxygens (including phenoxy) is 1. The van der Waals surface area contributed by atoms with Gasteiger partial charge in [-0.25, -0.2) is 0 Å². The minimum Gasteiger partial charge on any atom is -0.494 e. The maximum absolute atomic E-state index is 12.1. The molecule has 2 aromatic carbocycles. The van der Waals surface area contributed by atoms with E-state index >= 15 is 0 Å². The number of rotatable bonds is 8. The number of carbonyl (C=O) groups excluding carboxylic acids is 1. The number of benzene rings is 2. The van der Waals surface area contributed by atoms with Crippen molar-refractivity contribution in [1.82, 2.24) is 5.32 Å². The minimum absolute atomic E-state index is 0.00227. The summed E-state index contributed by atoms with van der Waals surface area (Å²) in [5.74, 6) is 1.72. The van der Waals surface area contributed by atoms with Crippen molar-refractivity contribution in [2.75, 3.05) is 12.4 Å². The summed E-state index contributed by atoms with van der Waals surface area (Å²) < 4.78 is 5.43. The summed E-state index contributed by atoms with van der Waals surface area (Å²) in [4.78, 5) is 13.3. The van der Waals surface area contributed by atoms with E-state index in [1.54, 1.807) is 11.8 Å². The first-order valence-electron chi connectivity index (χ1n) is 8.30. The number of hydrogen-bond acceptors (Lipinski definition) is 3. The van der Waals surface area contributed by atoms with Crippen LogP contribution in [0, 0.1) is 6.92 Å². The Kier molecular flexibility index (Phi) is 7.19. The van der Waals surface area contributed by atoms with E-state index in [9.17, 15) is 4.79 Å². The smallest absolute Gasteiger partial charge is 0.221 e. The van der Waals surface area contributed by atoms with Crippen molar-refractivity contribution in [1.29, 1.82) is 0 Å². The highest BCUT2D eigenvalue weighted by Gasteiger charge is 2.09. The second-order valence-corrected chi connectivity index (χ2v) is 6.87. The molecule has 0 saturated carbocycles. The molecule has 0 aromatic heterocycles. The fourth-order valence-electron chi connectivity index (χ4n) is 2.31. The van der Waals surface area contributed by atoms with Gasteiger partial charge in [0.2, 0.25) is 5.91 Å². The van der Waals surface area contributed by atoms with Gasteiger partial charge in [0.05, 0.1) is 12.6 Å². The van der Waals surface area contributed by atoms with Crippen LogP contribution in [-0.2, 0) is 4.79 Å². The number of thioether (sulfide) groups is 1. The molecule has 0 saturated heterocycles. The van der Waals surface area contributed by atoms with Gasteiger partial charge < -0.3 is 10.1 Å². The minimum atomic E-state index is -0.00227. The quantitative estimate of drug-likeness (QED) is 0.703. The van der Waals surface area contributed by atoms with E-state index in [4.69, 9.17) is 4.74 Å². The van der Waals surface area contributed by atoms with Crippen LogP contribution in [0.15, 0.2) is 53.4 Å². The first kappa shape index (κ1) is 18.4. The van der Waals surface area contributed by atoms with Gasteiger partial charge in [0.25, 0.3) is 0 Å². The lowest BCUT2D eigenvalue weighted by atomic mass is 10.1. The van der Waals surface area contributed by atoms with Crippen LogP contribution in [0.1, 0.15) is 37.4 Å². The zero-order chi connectivity index (χ0) is 17.4. The molecular weight excluding hydrogens is 318 g/mol. The SMILES string of the molecule is CCOc1ccc(C(C)NC(=O)CCSc2ccc(C)cc2)cc1. The summed E-state index contributed by atoms with van der Waals surface area (Å²) in [6.45, 7) is 6.69. The monoisotopic (exact) mass is 343 g/mol. The molecule has 24 heavy (non-hydrogen) atoms. The summed E-state index contributed by atoms with van der Waals surface area (Å²) in [7, 11) is 0. The van der Waals surface area contributed by atoms with Gasteiger partial charge in [-0.3, -0.25) is 4.79 Å². The van der Waals surface area contributed by atoms with E-state index in [-0.39, 0.29) is 11.9 Å². The summed E-state index contributed by atoms with van der Waals surface area (Å²) in [6.07, 6.45) is 0.514. The molecule has 2 rings (SSSR count). The lowest BCUT2D eigenvalue weighted by Crippen LogP contribution is -2.26. The van der Waals surface area contributed by atoms with E-state index in [0.717, 1.165) is 17.1 Å². The van der Waals surface area contributed by atoms with Crippen molar-refractivity contribution in [2.45, 2.75) is 38.1 Å². The molecule has 2 aromatic rings. The number of carbonyl (C=O) groups is 1. The van der Waals surface area contributed by atoms with Crippen LogP contribution in [-0.4, -0.2) is 18.3 Å². The Morgan fingerprint density at radius 1 is 1.12 bits per heavy atom. The van der Waals surface area contributed by atoms with Crippen molar-refractivity contribution in [2.24, 2.45) is 0 Å². The predicted molar refractivity (Wildman–Crippen MR) is 101 cm³/mol. The fourth-order valence-corrected chi connectivity index (χ4v) is 3.16. The third-order valence-corrected chi connectivity index (χ3v) is 4.70. The molecule has 0 aliphatic carbocycles. The van der Waals surface area contributed by atoms with Crippen molar-refractivity contribution in [3.05, 3.63) is 59.7 Å². The molecule has 3 nitrogen and oxygen atoms in total. The normalized spacial score (nSPS) is 11.8. The van der Waals surface area contributed by atoms with E-state index in [1.165, 1.54) is 10.5 Å². The van der Waals surface area contributed by atoms with Gasteiger partial charge in [-0.15, -0.1) is 11.8 Å². The Bertz CT molecular complexity index is 638. The third kappa shape index (κ3) is 5.93. The van der Waals surface area contributed by atoms with Crippen LogP contribution in [0.3, 0.4) is 0 Å². The van der Waals surface area contributed by atoms with Gasteiger partial charge in [-0.05, 0) is 50.6 Å². The summed E-state index contributed by atoms with van der Waals surface area (Å²) in [6, 6.07) is 16.3. The van der Waals surface area contributed by atoms with Crippen LogP contribution in [0.2, 0.25) is 0 Å². The second kappa shape index (κ2) is 9.38. The maximum Gasteiger partial charge on any atom is 0.221 e. The Morgan fingerprint density at radius 3 is 2.42 bits per heavy atom. The largest absolute Gasteiger partial charge is 0.494 e. The first-order chi connectivity index (χ1) is 11.6. The zero-order valence-electron chi connectivity index (χ0n) is 14.5. The van der Waals surface area contributed by atoms with Crippen molar-refractivity contribution < 1.29 is 9.53 Å². The molecule has 1 unspecified atom stereocenters. The predicted octanol–water partition coefficient (Wildman–Crippen LogP) is 4.75. The standard InChI is InChI=1S/C20H25NO2S/c1-4-23-18-9-7-17(8-10-18)16(3)21-20(22)13-14-24-19-11-5-15(2)6-12-19/h5-12,16H,4,13-14H2,1-3H3,(H,21,22). The van der Waals surface area contributed by atoms with Crippen LogP contribution in [0.25, 0.3) is 0 Å². The highest BCUT2D eigenvalue weighted by atomic mass is 32.2. The molecular formula is C20H25NO2S. The Morgan fingerprint density at radius 2 is 1.79 bits per heavy atom. The van der Waals surface area contributed by atoms with Crippen LogP contribution in [0.4, 0.5) is 0 Å². The van der Waals surface area contributed by atoms with Crippen molar-refractivity contribution in [3.8, 4) is 5.75 Å².